The summed E-state index contributed by atoms with van der Waals surface area (Å²) in [6.07, 6.45) is 38.5. The third-order valence-corrected chi connectivity index (χ3v) is 32.9. The van der Waals surface area contributed by atoms with Gasteiger partial charge in [0, 0.05) is 75.5 Å². The van der Waals surface area contributed by atoms with Crippen LogP contribution in [0.1, 0.15) is 252 Å². The Bertz CT molecular complexity index is 4790. The highest BCUT2D eigenvalue weighted by atomic mass is 32.1. The van der Waals surface area contributed by atoms with E-state index < -0.39 is 8.07 Å². The fourth-order valence-corrected chi connectivity index (χ4v) is 27.9. The van der Waals surface area contributed by atoms with Crippen molar-refractivity contribution in [2.75, 3.05) is 36.2 Å². The molecule has 1 aliphatic heterocycles. The van der Waals surface area contributed by atoms with Crippen LogP contribution in [0.2, 0.25) is 12.1 Å². The molecular weight excluding hydrogens is 1520 g/mol. The van der Waals surface area contributed by atoms with Crippen LogP contribution in [0.15, 0.2) is 181 Å². The topological polar surface area (TPSA) is 76.5 Å². The predicted molar refractivity (Wildman–Crippen MR) is 508 cm³/mol. The second-order valence-electron chi connectivity index (χ2n) is 31.6. The average molecular weight is 1640 g/mol. The van der Waals surface area contributed by atoms with E-state index in [2.05, 4.69) is 250 Å². The van der Waals surface area contributed by atoms with E-state index in [1.807, 2.05) is 53.9 Å². The molecule has 11 aromatic rings. The third-order valence-electron chi connectivity index (χ3n) is 22.4. The lowest BCUT2D eigenvalue weighted by atomic mass is 10.1. The fourth-order valence-electron chi connectivity index (χ4n) is 15.9. The van der Waals surface area contributed by atoms with E-state index >= 15 is 0 Å². The number of aromatic nitrogens is 1. The number of allylic oxidation sites excluding steroid dienone is 2. The number of fused-ring (bicyclic) bond motifs is 6. The van der Waals surface area contributed by atoms with Gasteiger partial charge in [-0.2, -0.15) is 5.26 Å². The maximum atomic E-state index is 9.42. The van der Waals surface area contributed by atoms with E-state index in [1.54, 1.807) is 21.7 Å². The van der Waals surface area contributed by atoms with Crippen LogP contribution in [0.3, 0.4) is 0 Å². The number of thiophene rings is 4. The molecule has 116 heavy (non-hydrogen) atoms. The molecule has 0 spiro atoms. The Kier molecular flexibility index (Phi) is 35.4. The summed E-state index contributed by atoms with van der Waals surface area (Å²) in [5, 5.41) is 12.8. The number of nitriles is 1. The number of nitrogens with zero attached hydrogens (tertiary/aromatic N) is 5. The Hall–Kier alpha value is -8.60. The molecule has 0 N–H and O–H groups in total. The SMILES string of the molecule is CCCCCCOc1ccc(N(c2ccc(OCCCCCC)cc2)c2ccc(-c3cc4c(s3)c3sc(/C=C(/C)C#N)cc3n4CCCCCC)cc2)cc1.[C-]#[N+]/C(C)=C\c1cc2c(s1)-c1sc(-c3ccc(N(c4ccc(OCCCCCC)cc4)c4ccc(OCCCCCC)cc4)cc3)cc1[Si]2(CCCCCC)CCCCCC. The van der Waals surface area contributed by atoms with E-state index in [4.69, 9.17) is 25.5 Å². The van der Waals surface area contributed by atoms with Crippen molar-refractivity contribution in [3.8, 4) is 59.7 Å². The van der Waals surface area contributed by atoms with Gasteiger partial charge in [-0.3, -0.25) is 0 Å². The van der Waals surface area contributed by atoms with Crippen molar-refractivity contribution < 1.29 is 18.9 Å². The number of hydrogen-bond donors (Lipinski definition) is 0. The quantitative estimate of drug-likeness (QED) is 0.0163. The van der Waals surface area contributed by atoms with E-state index in [-0.39, 0.29) is 0 Å². The van der Waals surface area contributed by atoms with Crippen LogP contribution in [0.5, 0.6) is 23.0 Å². The van der Waals surface area contributed by atoms with E-state index in [1.165, 1.54) is 222 Å². The smallest absolute Gasteiger partial charge is 0.163 e. The Morgan fingerprint density at radius 2 is 0.724 bits per heavy atom. The summed E-state index contributed by atoms with van der Waals surface area (Å²) in [5.41, 5.74) is 13.2. The molecule has 1 aliphatic rings. The van der Waals surface area contributed by atoms with E-state index in [9.17, 15) is 5.26 Å². The first-order valence-corrected chi connectivity index (χ1v) is 49.9. The zero-order valence-corrected chi connectivity index (χ0v) is 75.3. The predicted octanol–water partition coefficient (Wildman–Crippen LogP) is 32.3. The van der Waals surface area contributed by atoms with Gasteiger partial charge in [0.05, 0.1) is 59.5 Å². The lowest BCUT2D eigenvalue weighted by Gasteiger charge is -2.29. The first-order chi connectivity index (χ1) is 57.0. The van der Waals surface area contributed by atoms with Gasteiger partial charge in [-0.15, -0.1) is 45.3 Å². The lowest BCUT2D eigenvalue weighted by Crippen LogP contribution is -2.54. The molecule has 6 heterocycles. The molecule has 0 saturated carbocycles. The Labute approximate surface area is 712 Å². The van der Waals surface area contributed by atoms with Crippen molar-refractivity contribution in [1.29, 1.82) is 5.26 Å². The zero-order valence-electron chi connectivity index (χ0n) is 71.1. The van der Waals surface area contributed by atoms with Gasteiger partial charge in [0.25, 0.3) is 0 Å². The van der Waals surface area contributed by atoms with Gasteiger partial charge in [-0.1, -0.05) is 220 Å². The van der Waals surface area contributed by atoms with Gasteiger partial charge in [0.15, 0.2) is 5.70 Å². The van der Waals surface area contributed by atoms with Crippen molar-refractivity contribution >= 4 is 131 Å². The molecule has 12 rings (SSSR count). The summed E-state index contributed by atoms with van der Waals surface area (Å²) in [6.45, 7) is 31.3. The Morgan fingerprint density at radius 1 is 0.388 bits per heavy atom. The highest BCUT2D eigenvalue weighted by Gasteiger charge is 2.47. The summed E-state index contributed by atoms with van der Waals surface area (Å²) >= 11 is 7.60. The van der Waals surface area contributed by atoms with Crippen LogP contribution in [-0.4, -0.2) is 39.1 Å². The number of benzene rings is 6. The minimum Gasteiger partial charge on any atom is -0.494 e. The van der Waals surface area contributed by atoms with Gasteiger partial charge >= 0.3 is 0 Å². The van der Waals surface area contributed by atoms with E-state index in [0.717, 1.165) is 132 Å². The van der Waals surface area contributed by atoms with E-state index in [0.29, 0.717) is 0 Å². The molecule has 612 valence electrons. The minimum absolute atomic E-state index is 0.736. The van der Waals surface area contributed by atoms with Crippen LogP contribution in [-0.2, 0) is 6.54 Å². The van der Waals surface area contributed by atoms with Crippen LogP contribution < -0.4 is 39.1 Å². The molecule has 0 amide bonds. The Morgan fingerprint density at radius 3 is 1.11 bits per heavy atom. The Balaban J connectivity index is 0.000000229. The average Bonchev–Trinajstić information content (AvgIpc) is 1.55. The highest BCUT2D eigenvalue weighted by molar-refractivity contribution is 7.31. The molecule has 6 aromatic carbocycles. The number of anilines is 6. The van der Waals surface area contributed by atoms with Crippen LogP contribution in [0.4, 0.5) is 34.1 Å². The number of hydrogen-bond acceptors (Lipinski definition) is 11. The van der Waals surface area contributed by atoms with Crippen LogP contribution >= 0.6 is 45.3 Å². The number of ether oxygens (including phenoxy) is 4. The number of rotatable bonds is 49. The van der Waals surface area contributed by atoms with Crippen molar-refractivity contribution in [1.82, 2.24) is 4.57 Å². The van der Waals surface area contributed by atoms with Crippen molar-refractivity contribution in [3.05, 3.63) is 202 Å². The largest absolute Gasteiger partial charge is 0.494 e. The molecule has 0 fully saturated rings. The van der Waals surface area contributed by atoms with Gasteiger partial charge in [0.2, 0.25) is 0 Å². The summed E-state index contributed by atoms with van der Waals surface area (Å²) in [6, 6.07) is 67.2. The van der Waals surface area contributed by atoms with Crippen molar-refractivity contribution in [3.63, 3.8) is 0 Å². The van der Waals surface area contributed by atoms with Gasteiger partial charge in [0.1, 0.15) is 31.1 Å². The molecular formula is C102H127N5O4S4Si. The summed E-state index contributed by atoms with van der Waals surface area (Å²) in [7, 11) is -2.00. The monoisotopic (exact) mass is 1640 g/mol. The minimum atomic E-state index is -2.00. The molecule has 0 atom stereocenters. The molecule has 0 unspecified atom stereocenters. The molecule has 0 bridgehead atoms. The standard InChI is InChI=1S/C54H70N2O2S2Si.C48H57N3O2S2/c1-7-11-15-19-35-57-47-31-27-45(28-32-47)56(46-29-33-48(34-30-46)58-36-20-16-12-8-2)44-25-23-43(24-26-44)50-41-52-54(60-50)53-51(40-49(59-53)39-42(5)55-6)61(52,37-21-17-13-9-3)38-22-18-14-10-4;1-5-8-11-14-29-50-44-33-43(32-36(4)35-49)54-47(44)48-45(50)34-46(55-48)37-17-19-38(20-18-37)51(39-21-25-41(26-22-39)52-30-15-12-9-6-2)40-23-27-42(28-24-40)53-31-16-13-10-7-3/h23-34,39-41H,7-22,35-38H2,1-5H3;17-28,32-34H,5-16,29-31H2,1-4H3/b42-39-;36-32-. The third kappa shape index (κ3) is 23.9. The first kappa shape index (κ1) is 88.2. The van der Waals surface area contributed by atoms with Gasteiger partial charge < -0.3 is 33.3 Å². The number of aryl methyl sites for hydroxylation is 1. The normalized spacial score (nSPS) is 12.3. The molecule has 0 saturated heterocycles. The molecule has 9 nitrogen and oxygen atoms in total. The molecule has 0 radical (unpaired) electrons. The summed E-state index contributed by atoms with van der Waals surface area (Å²) in [5.74, 6) is 3.65. The second-order valence-corrected chi connectivity index (χ2v) is 40.1. The maximum Gasteiger partial charge on any atom is 0.163 e. The molecule has 14 heteroatoms. The van der Waals surface area contributed by atoms with Crippen LogP contribution in [0, 0.1) is 17.9 Å². The van der Waals surface area contributed by atoms with Gasteiger partial charge in [-0.25, -0.2) is 4.85 Å². The zero-order chi connectivity index (χ0) is 81.3. The van der Waals surface area contributed by atoms with Crippen molar-refractivity contribution in [2.45, 2.75) is 261 Å². The summed E-state index contributed by atoms with van der Waals surface area (Å²) < 4.78 is 29.7. The summed E-state index contributed by atoms with van der Waals surface area (Å²) in [4.78, 5) is 16.5. The van der Waals surface area contributed by atoms with Crippen molar-refractivity contribution in [2.24, 2.45) is 0 Å². The highest BCUT2D eigenvalue weighted by Crippen LogP contribution is 2.49. The second kappa shape index (κ2) is 46.5. The maximum absolute atomic E-state index is 9.42. The van der Waals surface area contributed by atoms with Gasteiger partial charge in [-0.05, 0) is 237 Å². The first-order valence-electron chi connectivity index (χ1n) is 44.2. The molecule has 5 aromatic heterocycles. The number of unbranched alkanes of at least 4 members (excludes halogenated alkanes) is 21. The molecule has 0 aliphatic carbocycles. The fraction of sp³-hybridized carbons (Fsp3) is 0.431. The van der Waals surface area contributed by atoms with Crippen LogP contribution in [0.25, 0.3) is 68.1 Å². The lowest BCUT2D eigenvalue weighted by molar-refractivity contribution is 0.305.